The van der Waals surface area contributed by atoms with Gasteiger partial charge in [0.25, 0.3) is 10.0 Å². The van der Waals surface area contributed by atoms with Crippen molar-refractivity contribution in [3.8, 4) is 0 Å². The summed E-state index contributed by atoms with van der Waals surface area (Å²) in [4.78, 5) is 3.06. The number of nitrogens with one attached hydrogen (secondary N) is 1. The third-order valence-electron chi connectivity index (χ3n) is 2.08. The van der Waals surface area contributed by atoms with Crippen LogP contribution in [-0.2, 0) is 10.0 Å². The molecule has 1 heterocycles. The van der Waals surface area contributed by atoms with Gasteiger partial charge in [-0.05, 0) is 36.4 Å². The summed E-state index contributed by atoms with van der Waals surface area (Å²) in [5.74, 6) is 0. The number of hydrazone groups is 1. The van der Waals surface area contributed by atoms with Crippen LogP contribution >= 0.6 is 38.9 Å². The van der Waals surface area contributed by atoms with Crippen molar-refractivity contribution in [2.24, 2.45) is 5.10 Å². The minimum atomic E-state index is -3.64. The molecular weight excluding hydrogens is 372 g/mol. The Hall–Kier alpha value is -0.890. The molecule has 0 aliphatic rings. The van der Waals surface area contributed by atoms with Crippen molar-refractivity contribution < 1.29 is 8.42 Å². The standard InChI is InChI=1S/C11H8BrClN2O2S2/c12-8-1-4-10(5-2-8)19(16,17)15-14-7-9-3-6-11(13)18-9/h1-7,15H/b14-7+. The van der Waals surface area contributed by atoms with Crippen LogP contribution < -0.4 is 4.83 Å². The Bertz CT molecular complexity index is 696. The van der Waals surface area contributed by atoms with Gasteiger partial charge in [0, 0.05) is 9.35 Å². The fraction of sp³-hybridized carbons (Fsp3) is 0. The zero-order valence-electron chi connectivity index (χ0n) is 9.38. The number of halogens is 2. The Kier molecular flexibility index (Phi) is 4.62. The Balaban J connectivity index is 2.09. The maximum absolute atomic E-state index is 11.9. The van der Waals surface area contributed by atoms with E-state index in [4.69, 9.17) is 11.6 Å². The third-order valence-corrected chi connectivity index (χ3v) is 5.02. The van der Waals surface area contributed by atoms with Crippen LogP contribution in [0.5, 0.6) is 0 Å². The molecule has 1 aromatic carbocycles. The van der Waals surface area contributed by atoms with E-state index in [1.165, 1.54) is 29.7 Å². The molecule has 100 valence electrons. The molecule has 0 saturated carbocycles. The van der Waals surface area contributed by atoms with Gasteiger partial charge in [0.15, 0.2) is 0 Å². The van der Waals surface area contributed by atoms with Gasteiger partial charge in [0.2, 0.25) is 0 Å². The largest absolute Gasteiger partial charge is 0.276 e. The molecule has 0 fully saturated rings. The van der Waals surface area contributed by atoms with Crippen LogP contribution in [0.4, 0.5) is 0 Å². The lowest BCUT2D eigenvalue weighted by atomic mass is 10.4. The van der Waals surface area contributed by atoms with Gasteiger partial charge in [0.1, 0.15) is 0 Å². The summed E-state index contributed by atoms with van der Waals surface area (Å²) in [6, 6.07) is 9.75. The molecule has 0 saturated heterocycles. The molecular formula is C11H8BrClN2O2S2. The van der Waals surface area contributed by atoms with Crippen LogP contribution in [0.25, 0.3) is 0 Å². The van der Waals surface area contributed by atoms with Gasteiger partial charge < -0.3 is 0 Å². The molecule has 2 rings (SSSR count). The first-order valence-corrected chi connectivity index (χ1v) is 8.50. The lowest BCUT2D eigenvalue weighted by molar-refractivity contribution is 0.584. The van der Waals surface area contributed by atoms with Crippen LogP contribution in [0, 0.1) is 0 Å². The smallest absolute Gasteiger partial charge is 0.200 e. The van der Waals surface area contributed by atoms with Crippen molar-refractivity contribution in [3.63, 3.8) is 0 Å². The second-order valence-electron chi connectivity index (χ2n) is 3.45. The van der Waals surface area contributed by atoms with Crippen molar-refractivity contribution in [2.75, 3.05) is 0 Å². The zero-order chi connectivity index (χ0) is 13.9. The number of rotatable bonds is 4. The Labute approximate surface area is 128 Å². The van der Waals surface area contributed by atoms with E-state index in [0.717, 1.165) is 9.35 Å². The highest BCUT2D eigenvalue weighted by molar-refractivity contribution is 9.10. The van der Waals surface area contributed by atoms with Crippen molar-refractivity contribution in [3.05, 3.63) is 50.1 Å². The van der Waals surface area contributed by atoms with Gasteiger partial charge in [0.05, 0.1) is 15.4 Å². The molecule has 0 unspecified atom stereocenters. The Morgan fingerprint density at radius 3 is 2.47 bits per heavy atom. The predicted octanol–water partition coefficient (Wildman–Crippen LogP) is 3.48. The molecule has 19 heavy (non-hydrogen) atoms. The monoisotopic (exact) mass is 378 g/mol. The lowest BCUT2D eigenvalue weighted by Gasteiger charge is -2.02. The quantitative estimate of drug-likeness (QED) is 0.653. The van der Waals surface area contributed by atoms with E-state index in [0.29, 0.717) is 4.34 Å². The van der Waals surface area contributed by atoms with Crippen molar-refractivity contribution in [1.29, 1.82) is 0 Å². The summed E-state index contributed by atoms with van der Waals surface area (Å²) in [5, 5.41) is 3.70. The lowest BCUT2D eigenvalue weighted by Crippen LogP contribution is -2.18. The SMILES string of the molecule is O=S(=O)(N/N=C/c1ccc(Cl)s1)c1ccc(Br)cc1. The molecule has 0 atom stereocenters. The first-order chi connectivity index (χ1) is 8.97. The molecule has 2 aromatic rings. The van der Waals surface area contributed by atoms with Gasteiger partial charge in [-0.1, -0.05) is 27.5 Å². The highest BCUT2D eigenvalue weighted by Crippen LogP contribution is 2.19. The predicted molar refractivity (Wildman–Crippen MR) is 81.4 cm³/mol. The summed E-state index contributed by atoms with van der Waals surface area (Å²) in [6.07, 6.45) is 1.41. The number of hydrogen-bond acceptors (Lipinski definition) is 4. The molecule has 0 radical (unpaired) electrons. The van der Waals surface area contributed by atoms with Crippen LogP contribution in [0.15, 0.2) is 50.9 Å². The average Bonchev–Trinajstić information content (AvgIpc) is 2.75. The van der Waals surface area contributed by atoms with E-state index in [2.05, 4.69) is 25.9 Å². The first-order valence-electron chi connectivity index (χ1n) is 5.03. The van der Waals surface area contributed by atoms with Gasteiger partial charge in [-0.25, -0.2) is 4.83 Å². The minimum Gasteiger partial charge on any atom is -0.200 e. The molecule has 0 amide bonds. The summed E-state index contributed by atoms with van der Waals surface area (Å²) in [6.45, 7) is 0. The molecule has 1 N–H and O–H groups in total. The second kappa shape index (κ2) is 6.04. The van der Waals surface area contributed by atoms with Crippen LogP contribution in [0.2, 0.25) is 4.34 Å². The van der Waals surface area contributed by atoms with Gasteiger partial charge in [-0.15, -0.1) is 11.3 Å². The van der Waals surface area contributed by atoms with Crippen LogP contribution in [-0.4, -0.2) is 14.6 Å². The maximum Gasteiger partial charge on any atom is 0.276 e. The maximum atomic E-state index is 11.9. The molecule has 0 bridgehead atoms. The second-order valence-corrected chi connectivity index (χ2v) is 7.77. The normalized spacial score (nSPS) is 11.9. The molecule has 0 aliphatic heterocycles. The van der Waals surface area contributed by atoms with Crippen LogP contribution in [0.3, 0.4) is 0 Å². The highest BCUT2D eigenvalue weighted by Gasteiger charge is 2.11. The summed E-state index contributed by atoms with van der Waals surface area (Å²) in [7, 11) is -3.64. The molecule has 0 aliphatic carbocycles. The van der Waals surface area contributed by atoms with E-state index in [9.17, 15) is 8.42 Å². The number of thiophene rings is 1. The minimum absolute atomic E-state index is 0.150. The van der Waals surface area contributed by atoms with Gasteiger partial charge in [-0.3, -0.25) is 0 Å². The summed E-state index contributed by atoms with van der Waals surface area (Å²) in [5.41, 5.74) is 0. The average molecular weight is 380 g/mol. The molecule has 0 spiro atoms. The molecule has 4 nitrogen and oxygen atoms in total. The van der Waals surface area contributed by atoms with E-state index in [1.807, 2.05) is 0 Å². The topological polar surface area (TPSA) is 58.5 Å². The van der Waals surface area contributed by atoms with Gasteiger partial charge >= 0.3 is 0 Å². The fourth-order valence-electron chi connectivity index (χ4n) is 1.22. The Morgan fingerprint density at radius 2 is 1.89 bits per heavy atom. The summed E-state index contributed by atoms with van der Waals surface area (Å²) >= 11 is 10.3. The van der Waals surface area contributed by atoms with E-state index in [1.54, 1.807) is 24.3 Å². The van der Waals surface area contributed by atoms with Gasteiger partial charge in [-0.2, -0.15) is 13.5 Å². The van der Waals surface area contributed by atoms with Crippen molar-refractivity contribution in [1.82, 2.24) is 4.83 Å². The molecule has 8 heteroatoms. The number of hydrogen-bond donors (Lipinski definition) is 1. The van der Waals surface area contributed by atoms with Crippen LogP contribution in [0.1, 0.15) is 4.88 Å². The fourth-order valence-corrected chi connectivity index (χ4v) is 3.21. The highest BCUT2D eigenvalue weighted by atomic mass is 79.9. The first kappa shape index (κ1) is 14.5. The van der Waals surface area contributed by atoms with E-state index >= 15 is 0 Å². The summed E-state index contributed by atoms with van der Waals surface area (Å²) < 4.78 is 25.2. The third kappa shape index (κ3) is 4.04. The van der Waals surface area contributed by atoms with E-state index < -0.39 is 10.0 Å². The van der Waals surface area contributed by atoms with E-state index in [-0.39, 0.29) is 4.90 Å². The Morgan fingerprint density at radius 1 is 1.21 bits per heavy atom. The number of benzene rings is 1. The number of nitrogens with zero attached hydrogens (tertiary/aromatic N) is 1. The van der Waals surface area contributed by atoms with Crippen molar-refractivity contribution >= 4 is 55.1 Å². The zero-order valence-corrected chi connectivity index (χ0v) is 13.4. The van der Waals surface area contributed by atoms with Crippen molar-refractivity contribution in [2.45, 2.75) is 4.90 Å². The molecule has 1 aromatic heterocycles. The number of sulfonamides is 1.